The Labute approximate surface area is 99.2 Å². The molecule has 0 radical (unpaired) electrons. The van der Waals surface area contributed by atoms with Gasteiger partial charge < -0.3 is 10.2 Å². The fraction of sp³-hybridized carbons (Fsp3) is 0.500. The quantitative estimate of drug-likeness (QED) is 0.536. The van der Waals surface area contributed by atoms with Crippen molar-refractivity contribution in [1.29, 1.82) is 0 Å². The molecule has 0 atom stereocenters. The van der Waals surface area contributed by atoms with Crippen LogP contribution in [0.4, 0.5) is 0 Å². The minimum atomic E-state index is -0.863. The molecule has 88 valence electrons. The number of rotatable bonds is 4. The van der Waals surface area contributed by atoms with Crippen molar-refractivity contribution in [1.82, 2.24) is 10.4 Å². The first-order valence-corrected chi connectivity index (χ1v) is 5.56. The Hall–Kier alpha value is -1.44. The van der Waals surface area contributed by atoms with E-state index in [-0.39, 0.29) is 24.7 Å². The van der Waals surface area contributed by atoms with Crippen molar-refractivity contribution in [2.75, 3.05) is 11.9 Å². The second kappa shape index (κ2) is 5.59. The molecular weight excluding hydrogens is 284 g/mol. The first-order chi connectivity index (χ1) is 7.54. The SMILES string of the molecule is O=C(CBr)NCC(=O)ON1C(=O)CCC1=O. The van der Waals surface area contributed by atoms with E-state index in [4.69, 9.17) is 0 Å². The lowest BCUT2D eigenvalue weighted by molar-refractivity contribution is -0.196. The Morgan fingerprint density at radius 2 is 1.88 bits per heavy atom. The maximum atomic E-state index is 11.1. The third-order valence-electron chi connectivity index (χ3n) is 1.75. The Balaban J connectivity index is 2.36. The molecule has 0 unspecified atom stereocenters. The van der Waals surface area contributed by atoms with Gasteiger partial charge in [0.2, 0.25) is 5.91 Å². The van der Waals surface area contributed by atoms with E-state index in [9.17, 15) is 19.2 Å². The van der Waals surface area contributed by atoms with Gasteiger partial charge >= 0.3 is 5.97 Å². The van der Waals surface area contributed by atoms with Crippen molar-refractivity contribution < 1.29 is 24.0 Å². The highest BCUT2D eigenvalue weighted by atomic mass is 79.9. The standard InChI is InChI=1S/C8H9BrN2O5/c9-3-5(12)10-4-8(15)16-11-6(13)1-2-7(11)14/h1-4H2,(H,10,12). The van der Waals surface area contributed by atoms with E-state index in [0.717, 1.165) is 0 Å². The Morgan fingerprint density at radius 3 is 2.38 bits per heavy atom. The van der Waals surface area contributed by atoms with Crippen LogP contribution in [0.15, 0.2) is 0 Å². The van der Waals surface area contributed by atoms with Crippen LogP contribution >= 0.6 is 15.9 Å². The highest BCUT2D eigenvalue weighted by molar-refractivity contribution is 9.09. The number of alkyl halides is 1. The smallest absolute Gasteiger partial charge is 0.344 e. The molecule has 1 saturated heterocycles. The van der Waals surface area contributed by atoms with Gasteiger partial charge in [-0.2, -0.15) is 0 Å². The van der Waals surface area contributed by atoms with Crippen LogP contribution in [0.5, 0.6) is 0 Å². The van der Waals surface area contributed by atoms with E-state index in [1.165, 1.54) is 0 Å². The summed E-state index contributed by atoms with van der Waals surface area (Å²) in [7, 11) is 0. The van der Waals surface area contributed by atoms with E-state index in [1.54, 1.807) is 0 Å². The molecule has 0 aliphatic carbocycles. The van der Waals surface area contributed by atoms with Crippen LogP contribution in [-0.2, 0) is 24.0 Å². The van der Waals surface area contributed by atoms with Gasteiger partial charge in [-0.25, -0.2) is 4.79 Å². The van der Waals surface area contributed by atoms with Crippen molar-refractivity contribution in [3.8, 4) is 0 Å². The number of hydrogen-bond donors (Lipinski definition) is 1. The van der Waals surface area contributed by atoms with Gasteiger partial charge in [-0.3, -0.25) is 14.4 Å². The predicted octanol–water partition coefficient (Wildman–Crippen LogP) is -0.895. The average Bonchev–Trinajstić information content (AvgIpc) is 2.57. The second-order valence-electron chi connectivity index (χ2n) is 2.96. The van der Waals surface area contributed by atoms with Crippen LogP contribution in [0, 0.1) is 0 Å². The van der Waals surface area contributed by atoms with Crippen LogP contribution in [-0.4, -0.2) is 40.6 Å². The van der Waals surface area contributed by atoms with Crippen LogP contribution < -0.4 is 5.32 Å². The van der Waals surface area contributed by atoms with Crippen LogP contribution in [0.3, 0.4) is 0 Å². The number of carbonyl (C=O) groups is 4. The van der Waals surface area contributed by atoms with Gasteiger partial charge in [0.1, 0.15) is 6.54 Å². The number of imide groups is 1. The number of carbonyl (C=O) groups excluding carboxylic acids is 4. The van der Waals surface area contributed by atoms with Gasteiger partial charge in [0.25, 0.3) is 11.8 Å². The molecule has 3 amide bonds. The molecule has 1 fully saturated rings. The summed E-state index contributed by atoms with van der Waals surface area (Å²) in [6, 6.07) is 0. The lowest BCUT2D eigenvalue weighted by atomic mass is 10.4. The second-order valence-corrected chi connectivity index (χ2v) is 3.52. The van der Waals surface area contributed by atoms with E-state index in [0.29, 0.717) is 5.06 Å². The fourth-order valence-corrected chi connectivity index (χ4v) is 1.21. The molecule has 0 spiro atoms. The fourth-order valence-electron chi connectivity index (χ4n) is 1.01. The van der Waals surface area contributed by atoms with Gasteiger partial charge in [-0.05, 0) is 0 Å². The Morgan fingerprint density at radius 1 is 1.31 bits per heavy atom. The molecule has 0 bridgehead atoms. The summed E-state index contributed by atoms with van der Waals surface area (Å²) in [5, 5.41) is 2.72. The highest BCUT2D eigenvalue weighted by Crippen LogP contribution is 2.11. The molecule has 1 aliphatic heterocycles. The number of nitrogens with one attached hydrogen (secondary N) is 1. The third kappa shape index (κ3) is 3.30. The minimum absolute atomic E-state index is 0.0415. The van der Waals surface area contributed by atoms with Gasteiger partial charge in [0, 0.05) is 12.8 Å². The summed E-state index contributed by atoms with van der Waals surface area (Å²) in [5.74, 6) is -2.36. The van der Waals surface area contributed by atoms with Gasteiger partial charge in [0.15, 0.2) is 0 Å². The number of nitrogens with zero attached hydrogens (tertiary/aromatic N) is 1. The summed E-state index contributed by atoms with van der Waals surface area (Å²) in [5.41, 5.74) is 0. The molecule has 1 rings (SSSR count). The van der Waals surface area contributed by atoms with Crippen LogP contribution in [0.1, 0.15) is 12.8 Å². The predicted molar refractivity (Wildman–Crippen MR) is 54.0 cm³/mol. The van der Waals surface area contributed by atoms with Gasteiger partial charge in [-0.15, -0.1) is 5.06 Å². The molecule has 1 heterocycles. The zero-order chi connectivity index (χ0) is 12.1. The van der Waals surface area contributed by atoms with Crippen molar-refractivity contribution in [3.05, 3.63) is 0 Å². The average molecular weight is 293 g/mol. The molecule has 1 N–H and O–H groups in total. The molecular formula is C8H9BrN2O5. The van der Waals surface area contributed by atoms with Gasteiger partial charge in [-0.1, -0.05) is 15.9 Å². The van der Waals surface area contributed by atoms with Crippen molar-refractivity contribution >= 4 is 39.6 Å². The van der Waals surface area contributed by atoms with Crippen molar-refractivity contribution in [2.45, 2.75) is 12.8 Å². The molecule has 0 aromatic rings. The topological polar surface area (TPSA) is 92.8 Å². The first kappa shape index (κ1) is 12.6. The van der Waals surface area contributed by atoms with E-state index in [2.05, 4.69) is 26.1 Å². The zero-order valence-electron chi connectivity index (χ0n) is 8.19. The summed E-state index contributed by atoms with van der Waals surface area (Å²) in [6.45, 7) is -0.387. The van der Waals surface area contributed by atoms with E-state index >= 15 is 0 Å². The lowest BCUT2D eigenvalue weighted by Crippen LogP contribution is -2.37. The van der Waals surface area contributed by atoms with E-state index in [1.807, 2.05) is 0 Å². The van der Waals surface area contributed by atoms with Gasteiger partial charge in [0.05, 0.1) is 5.33 Å². The minimum Gasteiger partial charge on any atom is -0.344 e. The maximum absolute atomic E-state index is 11.1. The van der Waals surface area contributed by atoms with Crippen LogP contribution in [0.2, 0.25) is 0 Å². The summed E-state index contributed by atoms with van der Waals surface area (Å²) < 4.78 is 0. The molecule has 0 aromatic heterocycles. The highest BCUT2D eigenvalue weighted by Gasteiger charge is 2.32. The lowest BCUT2D eigenvalue weighted by Gasteiger charge is -2.12. The Kier molecular flexibility index (Phi) is 4.41. The molecule has 16 heavy (non-hydrogen) atoms. The maximum Gasteiger partial charge on any atom is 0.352 e. The molecule has 7 nitrogen and oxygen atoms in total. The number of halogens is 1. The summed E-state index contributed by atoms with van der Waals surface area (Å²) >= 11 is 2.89. The van der Waals surface area contributed by atoms with Crippen molar-refractivity contribution in [2.24, 2.45) is 0 Å². The monoisotopic (exact) mass is 292 g/mol. The normalized spacial score (nSPS) is 15.2. The molecule has 0 aromatic carbocycles. The summed E-state index contributed by atoms with van der Waals surface area (Å²) in [4.78, 5) is 48.5. The third-order valence-corrected chi connectivity index (χ3v) is 2.26. The van der Waals surface area contributed by atoms with Crippen molar-refractivity contribution in [3.63, 3.8) is 0 Å². The molecule has 8 heteroatoms. The zero-order valence-corrected chi connectivity index (χ0v) is 9.78. The van der Waals surface area contributed by atoms with Crippen LogP contribution in [0.25, 0.3) is 0 Å². The van der Waals surface area contributed by atoms with E-state index < -0.39 is 23.7 Å². The summed E-state index contributed by atoms with van der Waals surface area (Å²) in [6.07, 6.45) is 0.0831. The molecule has 1 aliphatic rings. The number of hydrogen-bond acceptors (Lipinski definition) is 5. The first-order valence-electron chi connectivity index (χ1n) is 4.44. The number of hydroxylamine groups is 2. The molecule has 0 saturated carbocycles. The largest absolute Gasteiger partial charge is 0.352 e. The number of amides is 3. The Bertz CT molecular complexity index is 327.